The minimum atomic E-state index is -0.506. The highest BCUT2D eigenvalue weighted by Gasteiger charge is 2.35. The zero-order valence-corrected chi connectivity index (χ0v) is 10.5. The van der Waals surface area contributed by atoms with Crippen LogP contribution in [0.4, 0.5) is 0 Å². The van der Waals surface area contributed by atoms with E-state index in [2.05, 4.69) is 4.90 Å². The van der Waals surface area contributed by atoms with Gasteiger partial charge in [-0.3, -0.25) is 9.69 Å². The van der Waals surface area contributed by atoms with E-state index in [1.54, 1.807) is 0 Å². The van der Waals surface area contributed by atoms with Crippen LogP contribution in [0.5, 0.6) is 0 Å². The molecule has 0 aromatic carbocycles. The van der Waals surface area contributed by atoms with Gasteiger partial charge in [-0.1, -0.05) is 0 Å². The van der Waals surface area contributed by atoms with Gasteiger partial charge in [-0.15, -0.1) is 0 Å². The maximum absolute atomic E-state index is 11.8. The fraction of sp³-hybridized carbons (Fsp3) is 0.917. The first-order valence-corrected chi connectivity index (χ1v) is 6.37. The van der Waals surface area contributed by atoms with Crippen molar-refractivity contribution in [3.63, 3.8) is 0 Å². The standard InChI is InChI=1S/C12H22N2O3/c1-12(16)9-13(10-12)4-2-3-11(15)14-5-7-17-8-6-14/h16H,2-10H2,1H3. The minimum absolute atomic E-state index is 0.237. The normalized spacial score (nSPS) is 24.5. The Kier molecular flexibility index (Phi) is 4.01. The zero-order chi connectivity index (χ0) is 12.3. The van der Waals surface area contributed by atoms with Gasteiger partial charge in [0, 0.05) is 32.6 Å². The minimum Gasteiger partial charge on any atom is -0.388 e. The average Bonchev–Trinajstić information content (AvgIpc) is 2.27. The van der Waals surface area contributed by atoms with Crippen LogP contribution < -0.4 is 0 Å². The Hall–Kier alpha value is -0.650. The van der Waals surface area contributed by atoms with E-state index in [1.165, 1.54) is 0 Å². The highest BCUT2D eigenvalue weighted by atomic mass is 16.5. The number of ether oxygens (including phenoxy) is 1. The van der Waals surface area contributed by atoms with Crippen molar-refractivity contribution in [2.75, 3.05) is 45.9 Å². The first kappa shape index (κ1) is 12.8. The molecule has 2 aliphatic rings. The Morgan fingerprint density at radius 1 is 1.35 bits per heavy atom. The molecule has 17 heavy (non-hydrogen) atoms. The third-order valence-electron chi connectivity index (χ3n) is 3.36. The van der Waals surface area contributed by atoms with Crippen molar-refractivity contribution < 1.29 is 14.6 Å². The van der Waals surface area contributed by atoms with Gasteiger partial charge in [0.25, 0.3) is 0 Å². The molecule has 5 nitrogen and oxygen atoms in total. The van der Waals surface area contributed by atoms with Gasteiger partial charge in [-0.05, 0) is 19.9 Å². The molecule has 0 bridgehead atoms. The Labute approximate surface area is 102 Å². The number of nitrogens with zero attached hydrogens (tertiary/aromatic N) is 2. The van der Waals surface area contributed by atoms with Crippen molar-refractivity contribution in [3.8, 4) is 0 Å². The molecule has 2 aliphatic heterocycles. The van der Waals surface area contributed by atoms with E-state index < -0.39 is 5.60 Å². The number of carbonyl (C=O) groups excluding carboxylic acids is 1. The molecule has 1 amide bonds. The molecule has 5 heteroatoms. The maximum Gasteiger partial charge on any atom is 0.222 e. The van der Waals surface area contributed by atoms with E-state index in [0.717, 1.165) is 39.1 Å². The molecule has 2 saturated heterocycles. The van der Waals surface area contributed by atoms with Crippen LogP contribution in [0.2, 0.25) is 0 Å². The summed E-state index contributed by atoms with van der Waals surface area (Å²) in [5, 5.41) is 9.57. The molecule has 1 N–H and O–H groups in total. The highest BCUT2D eigenvalue weighted by Crippen LogP contribution is 2.19. The second-order valence-electron chi connectivity index (χ2n) is 5.30. The number of carbonyl (C=O) groups is 1. The number of likely N-dealkylation sites (tertiary alicyclic amines) is 1. The number of hydrogen-bond donors (Lipinski definition) is 1. The van der Waals surface area contributed by atoms with Crippen molar-refractivity contribution in [3.05, 3.63) is 0 Å². The van der Waals surface area contributed by atoms with E-state index in [0.29, 0.717) is 19.6 Å². The Bertz CT molecular complexity index is 267. The summed E-state index contributed by atoms with van der Waals surface area (Å²) in [5.41, 5.74) is -0.506. The summed E-state index contributed by atoms with van der Waals surface area (Å²) in [6, 6.07) is 0. The lowest BCUT2D eigenvalue weighted by molar-refractivity contribution is -0.135. The lowest BCUT2D eigenvalue weighted by Crippen LogP contribution is -2.59. The lowest BCUT2D eigenvalue weighted by atomic mass is 9.97. The molecule has 0 aliphatic carbocycles. The first-order valence-electron chi connectivity index (χ1n) is 6.37. The Balaban J connectivity index is 1.57. The SMILES string of the molecule is CC1(O)CN(CCCC(=O)N2CCOCC2)C1. The molecule has 2 fully saturated rings. The van der Waals surface area contributed by atoms with Crippen LogP contribution in [0.1, 0.15) is 19.8 Å². The van der Waals surface area contributed by atoms with Gasteiger partial charge in [-0.25, -0.2) is 0 Å². The van der Waals surface area contributed by atoms with Gasteiger partial charge in [0.1, 0.15) is 0 Å². The summed E-state index contributed by atoms with van der Waals surface area (Å²) in [4.78, 5) is 15.9. The third-order valence-corrected chi connectivity index (χ3v) is 3.36. The summed E-state index contributed by atoms with van der Waals surface area (Å²) in [6.45, 7) is 7.03. The van der Waals surface area contributed by atoms with Crippen LogP contribution in [-0.2, 0) is 9.53 Å². The van der Waals surface area contributed by atoms with Crippen molar-refractivity contribution in [1.29, 1.82) is 0 Å². The predicted octanol–water partition coefficient (Wildman–Crippen LogP) is -0.308. The maximum atomic E-state index is 11.8. The fourth-order valence-electron chi connectivity index (χ4n) is 2.50. The third kappa shape index (κ3) is 3.66. The second-order valence-corrected chi connectivity index (χ2v) is 5.30. The van der Waals surface area contributed by atoms with Crippen LogP contribution >= 0.6 is 0 Å². The molecule has 0 atom stereocenters. The van der Waals surface area contributed by atoms with Crippen molar-refractivity contribution >= 4 is 5.91 Å². The Morgan fingerprint density at radius 2 is 2.00 bits per heavy atom. The topological polar surface area (TPSA) is 53.0 Å². The molecular formula is C12H22N2O3. The van der Waals surface area contributed by atoms with Crippen LogP contribution in [-0.4, -0.2) is 72.4 Å². The molecule has 0 unspecified atom stereocenters. The zero-order valence-electron chi connectivity index (χ0n) is 10.5. The van der Waals surface area contributed by atoms with E-state index in [1.807, 2.05) is 11.8 Å². The first-order chi connectivity index (χ1) is 8.07. The summed E-state index contributed by atoms with van der Waals surface area (Å²) < 4.78 is 5.21. The number of amides is 1. The molecule has 0 spiro atoms. The molecule has 0 radical (unpaired) electrons. The van der Waals surface area contributed by atoms with Gasteiger partial charge in [-0.2, -0.15) is 0 Å². The van der Waals surface area contributed by atoms with E-state index in [-0.39, 0.29) is 5.91 Å². The van der Waals surface area contributed by atoms with E-state index >= 15 is 0 Å². The second kappa shape index (κ2) is 5.33. The number of hydrogen-bond acceptors (Lipinski definition) is 4. The molecule has 0 aromatic rings. The van der Waals surface area contributed by atoms with Crippen LogP contribution in [0.25, 0.3) is 0 Å². The lowest BCUT2D eigenvalue weighted by Gasteiger charge is -2.44. The van der Waals surface area contributed by atoms with Crippen LogP contribution in [0.15, 0.2) is 0 Å². The van der Waals surface area contributed by atoms with Crippen molar-refractivity contribution in [2.45, 2.75) is 25.4 Å². The monoisotopic (exact) mass is 242 g/mol. The average molecular weight is 242 g/mol. The van der Waals surface area contributed by atoms with Gasteiger partial charge < -0.3 is 14.7 Å². The van der Waals surface area contributed by atoms with Gasteiger partial charge in [0.2, 0.25) is 5.91 Å². The largest absolute Gasteiger partial charge is 0.388 e. The quantitative estimate of drug-likeness (QED) is 0.735. The molecule has 98 valence electrons. The smallest absolute Gasteiger partial charge is 0.222 e. The summed E-state index contributed by atoms with van der Waals surface area (Å²) in [5.74, 6) is 0.237. The molecule has 0 saturated carbocycles. The predicted molar refractivity (Wildman–Crippen MR) is 63.7 cm³/mol. The van der Waals surface area contributed by atoms with E-state index in [9.17, 15) is 9.90 Å². The van der Waals surface area contributed by atoms with E-state index in [4.69, 9.17) is 4.74 Å². The summed E-state index contributed by atoms with van der Waals surface area (Å²) in [7, 11) is 0. The molecule has 2 rings (SSSR count). The summed E-state index contributed by atoms with van der Waals surface area (Å²) in [6.07, 6.45) is 1.49. The number of aliphatic hydroxyl groups is 1. The number of β-amino-alcohol motifs (C(OH)–C–C–N with tert-alkyl or cyclic N) is 1. The summed E-state index contributed by atoms with van der Waals surface area (Å²) >= 11 is 0. The van der Waals surface area contributed by atoms with Crippen LogP contribution in [0, 0.1) is 0 Å². The van der Waals surface area contributed by atoms with Gasteiger partial charge >= 0.3 is 0 Å². The molecule has 2 heterocycles. The fourth-order valence-corrected chi connectivity index (χ4v) is 2.50. The molecule has 0 aromatic heterocycles. The van der Waals surface area contributed by atoms with Crippen molar-refractivity contribution in [2.24, 2.45) is 0 Å². The van der Waals surface area contributed by atoms with Crippen LogP contribution in [0.3, 0.4) is 0 Å². The number of rotatable bonds is 4. The van der Waals surface area contributed by atoms with Gasteiger partial charge in [0.15, 0.2) is 0 Å². The Morgan fingerprint density at radius 3 is 2.59 bits per heavy atom. The number of morpholine rings is 1. The van der Waals surface area contributed by atoms with Crippen molar-refractivity contribution in [1.82, 2.24) is 9.80 Å². The molecular weight excluding hydrogens is 220 g/mol. The highest BCUT2D eigenvalue weighted by molar-refractivity contribution is 5.76. The van der Waals surface area contributed by atoms with Gasteiger partial charge in [0.05, 0.1) is 18.8 Å².